The van der Waals surface area contributed by atoms with Crippen molar-refractivity contribution in [3.05, 3.63) is 33.2 Å². The Morgan fingerprint density at radius 2 is 1.67 bits per heavy atom. The first kappa shape index (κ1) is 10.7. The summed E-state index contributed by atoms with van der Waals surface area (Å²) in [6.45, 7) is 6.13. The van der Waals surface area contributed by atoms with E-state index in [9.17, 15) is 0 Å². The second-order valence-electron chi connectivity index (χ2n) is 3.62. The van der Waals surface area contributed by atoms with Crippen LogP contribution in [-0.4, -0.2) is 9.97 Å². The number of rotatable bonds is 0. The fourth-order valence-electron chi connectivity index (χ4n) is 1.63. The molecule has 0 amide bonds. The van der Waals surface area contributed by atoms with Crippen LogP contribution >= 0.6 is 23.2 Å². The summed E-state index contributed by atoms with van der Waals surface area (Å²) in [6, 6.07) is 2.00. The molecule has 0 aliphatic rings. The highest BCUT2D eigenvalue weighted by Gasteiger charge is 2.10. The van der Waals surface area contributed by atoms with Gasteiger partial charge in [0.2, 0.25) is 5.28 Å². The van der Waals surface area contributed by atoms with Crippen LogP contribution in [0.2, 0.25) is 10.4 Å². The van der Waals surface area contributed by atoms with E-state index in [1.165, 1.54) is 11.1 Å². The predicted molar refractivity (Wildman–Crippen MR) is 63.8 cm³/mol. The molecular weight excluding hydrogens is 231 g/mol. The fourth-order valence-corrected chi connectivity index (χ4v) is 2.06. The molecule has 1 heterocycles. The van der Waals surface area contributed by atoms with E-state index in [1.54, 1.807) is 0 Å². The molecule has 0 bridgehead atoms. The molecule has 0 saturated heterocycles. The van der Waals surface area contributed by atoms with Gasteiger partial charge >= 0.3 is 0 Å². The molecular formula is C11H10Cl2N2. The number of nitrogens with zero attached hydrogens (tertiary/aromatic N) is 2. The van der Waals surface area contributed by atoms with Crippen molar-refractivity contribution in [1.82, 2.24) is 9.97 Å². The van der Waals surface area contributed by atoms with E-state index in [0.29, 0.717) is 5.15 Å². The molecule has 1 aromatic heterocycles. The molecule has 0 aliphatic heterocycles. The quantitative estimate of drug-likeness (QED) is 0.517. The molecule has 15 heavy (non-hydrogen) atoms. The molecule has 4 heteroatoms. The molecule has 2 aromatic rings. The van der Waals surface area contributed by atoms with Crippen LogP contribution in [0.3, 0.4) is 0 Å². The van der Waals surface area contributed by atoms with Crippen molar-refractivity contribution in [2.75, 3.05) is 0 Å². The maximum absolute atomic E-state index is 6.02. The van der Waals surface area contributed by atoms with Crippen LogP contribution in [0.25, 0.3) is 10.9 Å². The van der Waals surface area contributed by atoms with Crippen LogP contribution in [0, 0.1) is 20.8 Å². The highest BCUT2D eigenvalue weighted by molar-refractivity contribution is 6.35. The first-order valence-corrected chi connectivity index (χ1v) is 5.36. The molecule has 0 saturated carbocycles. The van der Waals surface area contributed by atoms with Crippen molar-refractivity contribution in [1.29, 1.82) is 0 Å². The van der Waals surface area contributed by atoms with Gasteiger partial charge in [0.15, 0.2) is 0 Å². The molecule has 78 valence electrons. The largest absolute Gasteiger partial charge is 0.224 e. The topological polar surface area (TPSA) is 25.8 Å². The number of hydrogen-bond donors (Lipinski definition) is 0. The molecule has 0 aliphatic carbocycles. The first-order chi connectivity index (χ1) is 7.00. The van der Waals surface area contributed by atoms with Gasteiger partial charge in [0.05, 0.1) is 5.52 Å². The SMILES string of the molecule is Cc1cc2c(Cl)nc(Cl)nc2c(C)c1C. The van der Waals surface area contributed by atoms with Crippen molar-refractivity contribution >= 4 is 34.1 Å². The van der Waals surface area contributed by atoms with E-state index in [-0.39, 0.29) is 5.28 Å². The lowest BCUT2D eigenvalue weighted by atomic mass is 10.0. The Morgan fingerprint density at radius 1 is 1.00 bits per heavy atom. The van der Waals surface area contributed by atoms with Gasteiger partial charge in [0.25, 0.3) is 0 Å². The third-order valence-electron chi connectivity index (χ3n) is 2.74. The summed E-state index contributed by atoms with van der Waals surface area (Å²) >= 11 is 11.8. The zero-order chi connectivity index (χ0) is 11.2. The van der Waals surface area contributed by atoms with Crippen LogP contribution in [0.1, 0.15) is 16.7 Å². The van der Waals surface area contributed by atoms with Crippen LogP contribution in [0.5, 0.6) is 0 Å². The second kappa shape index (κ2) is 3.62. The Bertz CT molecular complexity index is 550. The predicted octanol–water partition coefficient (Wildman–Crippen LogP) is 3.86. The maximum atomic E-state index is 6.02. The Morgan fingerprint density at radius 3 is 2.33 bits per heavy atom. The van der Waals surface area contributed by atoms with E-state index in [4.69, 9.17) is 23.2 Å². The monoisotopic (exact) mass is 240 g/mol. The van der Waals surface area contributed by atoms with Crippen molar-refractivity contribution in [3.63, 3.8) is 0 Å². The Kier molecular flexibility index (Phi) is 2.57. The van der Waals surface area contributed by atoms with Crippen molar-refractivity contribution in [2.45, 2.75) is 20.8 Å². The van der Waals surface area contributed by atoms with Crippen LogP contribution in [-0.2, 0) is 0 Å². The third kappa shape index (κ3) is 1.68. The smallest absolute Gasteiger partial charge is 0.218 e. The van der Waals surface area contributed by atoms with Crippen LogP contribution in [0.4, 0.5) is 0 Å². The maximum Gasteiger partial charge on any atom is 0.224 e. The third-order valence-corrected chi connectivity index (χ3v) is 3.20. The second-order valence-corrected chi connectivity index (χ2v) is 4.32. The molecule has 0 radical (unpaired) electrons. The minimum absolute atomic E-state index is 0.193. The minimum Gasteiger partial charge on any atom is -0.218 e. The van der Waals surface area contributed by atoms with E-state index in [2.05, 4.69) is 16.9 Å². The molecule has 0 spiro atoms. The number of benzene rings is 1. The number of aryl methyl sites for hydroxylation is 2. The van der Waals surface area contributed by atoms with Gasteiger partial charge in [-0.25, -0.2) is 9.97 Å². The van der Waals surface area contributed by atoms with Gasteiger partial charge in [-0.2, -0.15) is 0 Å². The molecule has 0 atom stereocenters. The van der Waals surface area contributed by atoms with E-state index < -0.39 is 0 Å². The van der Waals surface area contributed by atoms with E-state index >= 15 is 0 Å². The molecule has 0 unspecified atom stereocenters. The zero-order valence-electron chi connectivity index (χ0n) is 8.73. The number of aromatic nitrogens is 2. The number of hydrogen-bond acceptors (Lipinski definition) is 2. The highest BCUT2D eigenvalue weighted by atomic mass is 35.5. The molecule has 2 rings (SSSR count). The van der Waals surface area contributed by atoms with Crippen molar-refractivity contribution in [2.24, 2.45) is 0 Å². The number of fused-ring (bicyclic) bond motifs is 1. The average molecular weight is 241 g/mol. The summed E-state index contributed by atoms with van der Waals surface area (Å²) in [5.74, 6) is 0. The summed E-state index contributed by atoms with van der Waals surface area (Å²) in [5.41, 5.74) is 4.35. The average Bonchev–Trinajstić information content (AvgIpc) is 2.17. The normalized spacial score (nSPS) is 11.0. The van der Waals surface area contributed by atoms with Gasteiger partial charge in [-0.1, -0.05) is 11.6 Å². The van der Waals surface area contributed by atoms with Gasteiger partial charge in [0, 0.05) is 5.39 Å². The lowest BCUT2D eigenvalue weighted by molar-refractivity contribution is 1.19. The summed E-state index contributed by atoms with van der Waals surface area (Å²) in [5, 5.41) is 1.47. The van der Waals surface area contributed by atoms with Crippen LogP contribution < -0.4 is 0 Å². The van der Waals surface area contributed by atoms with Crippen molar-refractivity contribution in [3.8, 4) is 0 Å². The molecule has 2 nitrogen and oxygen atoms in total. The standard InChI is InChI=1S/C11H10Cl2N2/c1-5-4-8-9(7(3)6(5)2)14-11(13)15-10(8)12/h4H,1-3H3. The summed E-state index contributed by atoms with van der Waals surface area (Å²) < 4.78 is 0. The Balaban J connectivity index is 2.98. The lowest BCUT2D eigenvalue weighted by Crippen LogP contribution is -1.94. The first-order valence-electron chi connectivity index (χ1n) is 4.60. The Hall–Kier alpha value is -0.860. The molecule has 0 fully saturated rings. The minimum atomic E-state index is 0.193. The Labute approximate surface area is 98.3 Å². The zero-order valence-corrected chi connectivity index (χ0v) is 10.2. The highest BCUT2D eigenvalue weighted by Crippen LogP contribution is 2.28. The van der Waals surface area contributed by atoms with Crippen LogP contribution in [0.15, 0.2) is 6.07 Å². The fraction of sp³-hybridized carbons (Fsp3) is 0.273. The number of halogens is 2. The van der Waals surface area contributed by atoms with Gasteiger partial charge in [-0.05, 0) is 55.1 Å². The molecule has 0 N–H and O–H groups in total. The van der Waals surface area contributed by atoms with Gasteiger partial charge in [-0.15, -0.1) is 0 Å². The van der Waals surface area contributed by atoms with E-state index in [1.807, 2.05) is 19.9 Å². The summed E-state index contributed by atoms with van der Waals surface area (Å²) in [4.78, 5) is 8.14. The van der Waals surface area contributed by atoms with E-state index in [0.717, 1.165) is 16.5 Å². The summed E-state index contributed by atoms with van der Waals surface area (Å²) in [6.07, 6.45) is 0. The van der Waals surface area contributed by atoms with Gasteiger partial charge in [-0.3, -0.25) is 0 Å². The van der Waals surface area contributed by atoms with Gasteiger partial charge in [0.1, 0.15) is 5.15 Å². The molecule has 1 aromatic carbocycles. The van der Waals surface area contributed by atoms with Crippen molar-refractivity contribution < 1.29 is 0 Å². The van der Waals surface area contributed by atoms with Gasteiger partial charge < -0.3 is 0 Å². The summed E-state index contributed by atoms with van der Waals surface area (Å²) in [7, 11) is 0. The lowest BCUT2D eigenvalue weighted by Gasteiger charge is -2.09.